The predicted octanol–water partition coefficient (Wildman–Crippen LogP) is 1.72. The highest BCUT2D eigenvalue weighted by Gasteiger charge is 2.34. The predicted molar refractivity (Wildman–Crippen MR) is 84.1 cm³/mol. The van der Waals surface area contributed by atoms with Crippen LogP contribution in [0.15, 0.2) is 18.2 Å². The van der Waals surface area contributed by atoms with E-state index in [1.165, 1.54) is 14.2 Å². The highest BCUT2D eigenvalue weighted by Crippen LogP contribution is 2.28. The summed E-state index contributed by atoms with van der Waals surface area (Å²) in [5.41, 5.74) is 4.72. The minimum atomic E-state index is -1.10. The standard InChI is InChI=1S/C16H24N2O4/c1-10(2)9-16(3,15(17)20)18-14(19)11-6-7-12(21-4)13(8-11)22-5/h6-8,10H,9H2,1-5H3,(H2,17,20)(H,18,19). The number of ether oxygens (including phenoxy) is 2. The number of hydrogen-bond acceptors (Lipinski definition) is 4. The van der Waals surface area contributed by atoms with E-state index in [0.717, 1.165) is 0 Å². The molecular formula is C16H24N2O4. The second kappa shape index (κ2) is 7.15. The largest absolute Gasteiger partial charge is 0.493 e. The van der Waals surface area contributed by atoms with Crippen LogP contribution in [0.2, 0.25) is 0 Å². The molecule has 6 heteroatoms. The highest BCUT2D eigenvalue weighted by atomic mass is 16.5. The summed E-state index contributed by atoms with van der Waals surface area (Å²) in [6.45, 7) is 5.56. The number of methoxy groups -OCH3 is 2. The Hall–Kier alpha value is -2.24. The van der Waals surface area contributed by atoms with Gasteiger partial charge in [-0.3, -0.25) is 9.59 Å². The zero-order chi connectivity index (χ0) is 16.9. The number of primary amides is 1. The van der Waals surface area contributed by atoms with E-state index in [1.807, 2.05) is 13.8 Å². The summed E-state index contributed by atoms with van der Waals surface area (Å²) in [6, 6.07) is 4.80. The van der Waals surface area contributed by atoms with Crippen LogP contribution in [0.1, 0.15) is 37.6 Å². The van der Waals surface area contributed by atoms with Crippen molar-refractivity contribution in [2.45, 2.75) is 32.7 Å². The maximum atomic E-state index is 12.4. The minimum Gasteiger partial charge on any atom is -0.493 e. The van der Waals surface area contributed by atoms with Gasteiger partial charge in [-0.1, -0.05) is 13.8 Å². The van der Waals surface area contributed by atoms with Gasteiger partial charge in [0.2, 0.25) is 5.91 Å². The molecule has 0 aliphatic heterocycles. The average molecular weight is 308 g/mol. The third-order valence-electron chi connectivity index (χ3n) is 3.40. The van der Waals surface area contributed by atoms with Gasteiger partial charge in [0.15, 0.2) is 11.5 Å². The van der Waals surface area contributed by atoms with Gasteiger partial charge in [0.05, 0.1) is 14.2 Å². The van der Waals surface area contributed by atoms with Crippen molar-refractivity contribution < 1.29 is 19.1 Å². The summed E-state index contributed by atoms with van der Waals surface area (Å²) < 4.78 is 10.3. The Labute approximate surface area is 131 Å². The second-order valence-corrected chi connectivity index (χ2v) is 5.82. The van der Waals surface area contributed by atoms with E-state index in [9.17, 15) is 9.59 Å². The number of carbonyl (C=O) groups is 2. The third-order valence-corrected chi connectivity index (χ3v) is 3.40. The van der Waals surface area contributed by atoms with Crippen LogP contribution in [0, 0.1) is 5.92 Å². The summed E-state index contributed by atoms with van der Waals surface area (Å²) in [5, 5.41) is 2.72. The van der Waals surface area contributed by atoms with Gasteiger partial charge in [0.1, 0.15) is 5.54 Å². The fraction of sp³-hybridized carbons (Fsp3) is 0.500. The lowest BCUT2D eigenvalue weighted by Crippen LogP contribution is -2.56. The summed E-state index contributed by atoms with van der Waals surface area (Å²) in [6.07, 6.45) is 0.460. The molecule has 3 N–H and O–H groups in total. The Balaban J connectivity index is 3.02. The van der Waals surface area contributed by atoms with Gasteiger partial charge in [-0.2, -0.15) is 0 Å². The van der Waals surface area contributed by atoms with Gasteiger partial charge in [0.25, 0.3) is 5.91 Å². The van der Waals surface area contributed by atoms with Crippen molar-refractivity contribution >= 4 is 11.8 Å². The number of amides is 2. The van der Waals surface area contributed by atoms with Crippen molar-refractivity contribution in [3.05, 3.63) is 23.8 Å². The molecule has 0 aliphatic rings. The molecule has 0 saturated carbocycles. The molecule has 2 amide bonds. The first kappa shape index (κ1) is 17.8. The molecule has 0 spiro atoms. The zero-order valence-corrected chi connectivity index (χ0v) is 13.7. The van der Waals surface area contributed by atoms with Gasteiger partial charge in [-0.15, -0.1) is 0 Å². The van der Waals surface area contributed by atoms with Gasteiger partial charge in [0, 0.05) is 5.56 Å². The zero-order valence-electron chi connectivity index (χ0n) is 13.7. The molecule has 0 fully saturated rings. The molecule has 0 saturated heterocycles. The Bertz CT molecular complexity index is 557. The summed E-state index contributed by atoms with van der Waals surface area (Å²) in [5.74, 6) is 0.236. The van der Waals surface area contributed by atoms with E-state index in [1.54, 1.807) is 25.1 Å². The number of rotatable bonds is 7. The van der Waals surface area contributed by atoms with Gasteiger partial charge in [-0.05, 0) is 37.5 Å². The molecule has 0 radical (unpaired) electrons. The van der Waals surface area contributed by atoms with E-state index in [-0.39, 0.29) is 11.8 Å². The van der Waals surface area contributed by atoms with E-state index >= 15 is 0 Å². The molecule has 0 bridgehead atoms. The highest BCUT2D eigenvalue weighted by molar-refractivity contribution is 5.99. The molecule has 1 rings (SSSR count). The van der Waals surface area contributed by atoms with Crippen molar-refractivity contribution in [3.8, 4) is 11.5 Å². The molecule has 0 aliphatic carbocycles. The van der Waals surface area contributed by atoms with E-state index < -0.39 is 11.4 Å². The van der Waals surface area contributed by atoms with Crippen LogP contribution in [-0.2, 0) is 4.79 Å². The number of nitrogens with two attached hydrogens (primary N) is 1. The SMILES string of the molecule is COc1ccc(C(=O)NC(C)(CC(C)C)C(N)=O)cc1OC. The van der Waals surface area contributed by atoms with Gasteiger partial charge >= 0.3 is 0 Å². The summed E-state index contributed by atoms with van der Waals surface area (Å²) in [7, 11) is 3.01. The van der Waals surface area contributed by atoms with Crippen molar-refractivity contribution in [2.75, 3.05) is 14.2 Å². The summed E-state index contributed by atoms with van der Waals surface area (Å²) in [4.78, 5) is 24.1. The lowest BCUT2D eigenvalue weighted by Gasteiger charge is -2.29. The quantitative estimate of drug-likeness (QED) is 0.802. The average Bonchev–Trinajstić information content (AvgIpc) is 2.45. The lowest BCUT2D eigenvalue weighted by molar-refractivity contribution is -0.124. The number of carbonyl (C=O) groups excluding carboxylic acids is 2. The lowest BCUT2D eigenvalue weighted by atomic mass is 9.89. The van der Waals surface area contributed by atoms with Gasteiger partial charge < -0.3 is 20.5 Å². The minimum absolute atomic E-state index is 0.211. The van der Waals surface area contributed by atoms with Gasteiger partial charge in [-0.25, -0.2) is 0 Å². The molecule has 1 unspecified atom stereocenters. The van der Waals surface area contributed by atoms with E-state index in [2.05, 4.69) is 5.32 Å². The van der Waals surface area contributed by atoms with Crippen molar-refractivity contribution in [3.63, 3.8) is 0 Å². The fourth-order valence-corrected chi connectivity index (χ4v) is 2.33. The smallest absolute Gasteiger partial charge is 0.252 e. The maximum Gasteiger partial charge on any atom is 0.252 e. The monoisotopic (exact) mass is 308 g/mol. The molecule has 0 aromatic heterocycles. The number of nitrogens with one attached hydrogen (secondary N) is 1. The number of benzene rings is 1. The Morgan fingerprint density at radius 2 is 1.82 bits per heavy atom. The topological polar surface area (TPSA) is 90.6 Å². The molecule has 1 aromatic rings. The third kappa shape index (κ3) is 4.13. The van der Waals surface area contributed by atoms with Crippen molar-refractivity contribution in [1.29, 1.82) is 0 Å². The summed E-state index contributed by atoms with van der Waals surface area (Å²) >= 11 is 0. The second-order valence-electron chi connectivity index (χ2n) is 5.82. The van der Waals surface area contributed by atoms with E-state index in [4.69, 9.17) is 15.2 Å². The molecule has 0 heterocycles. The Morgan fingerprint density at radius 1 is 1.23 bits per heavy atom. The Kier molecular flexibility index (Phi) is 5.79. The first-order valence-electron chi connectivity index (χ1n) is 7.08. The van der Waals surface area contributed by atoms with E-state index in [0.29, 0.717) is 23.5 Å². The molecular weight excluding hydrogens is 284 g/mol. The van der Waals surface area contributed by atoms with Crippen LogP contribution in [-0.4, -0.2) is 31.6 Å². The molecule has 22 heavy (non-hydrogen) atoms. The van der Waals surface area contributed by atoms with Crippen LogP contribution < -0.4 is 20.5 Å². The first-order chi connectivity index (χ1) is 10.2. The Morgan fingerprint density at radius 3 is 2.27 bits per heavy atom. The van der Waals surface area contributed by atoms with Crippen LogP contribution in [0.4, 0.5) is 0 Å². The van der Waals surface area contributed by atoms with Crippen LogP contribution in [0.25, 0.3) is 0 Å². The van der Waals surface area contributed by atoms with Crippen LogP contribution in [0.3, 0.4) is 0 Å². The normalized spacial score (nSPS) is 13.4. The fourth-order valence-electron chi connectivity index (χ4n) is 2.33. The number of hydrogen-bond donors (Lipinski definition) is 2. The van der Waals surface area contributed by atoms with Crippen molar-refractivity contribution in [2.24, 2.45) is 11.7 Å². The molecule has 1 atom stereocenters. The molecule has 122 valence electrons. The molecule has 6 nitrogen and oxygen atoms in total. The maximum absolute atomic E-state index is 12.4. The van der Waals surface area contributed by atoms with Crippen molar-refractivity contribution in [1.82, 2.24) is 5.32 Å². The van der Waals surface area contributed by atoms with Crippen LogP contribution >= 0.6 is 0 Å². The first-order valence-corrected chi connectivity index (χ1v) is 7.08. The molecule has 1 aromatic carbocycles. The van der Waals surface area contributed by atoms with Crippen LogP contribution in [0.5, 0.6) is 11.5 Å².